The van der Waals surface area contributed by atoms with E-state index in [9.17, 15) is 9.59 Å². The number of fused-ring (bicyclic) bond motifs is 2. The topological polar surface area (TPSA) is 79.2 Å². The monoisotopic (exact) mass is 444 g/mol. The number of H-pyrrole nitrogens is 1. The second-order valence-electron chi connectivity index (χ2n) is 8.73. The number of hydrogen-bond donors (Lipinski definition) is 1. The third kappa shape index (κ3) is 3.66. The van der Waals surface area contributed by atoms with Crippen LogP contribution in [0.3, 0.4) is 0 Å². The Labute approximate surface area is 191 Å². The van der Waals surface area contributed by atoms with Crippen LogP contribution in [-0.4, -0.2) is 68.0 Å². The van der Waals surface area contributed by atoms with Crippen molar-refractivity contribution in [2.24, 2.45) is 7.05 Å². The molecule has 1 fully saturated rings. The van der Waals surface area contributed by atoms with Gasteiger partial charge in [-0.2, -0.15) is 0 Å². The fraction of sp³-hybridized carbons (Fsp3) is 0.320. The largest absolute Gasteiger partial charge is 0.357 e. The molecule has 1 saturated heterocycles. The van der Waals surface area contributed by atoms with Crippen LogP contribution in [0.1, 0.15) is 16.8 Å². The number of hydrogen-bond acceptors (Lipinski definition) is 4. The van der Waals surface area contributed by atoms with E-state index in [1.165, 1.54) is 0 Å². The Bertz CT molecular complexity index is 1420. The van der Waals surface area contributed by atoms with E-state index in [4.69, 9.17) is 0 Å². The number of carbonyl (C=O) groups is 1. The highest BCUT2D eigenvalue weighted by molar-refractivity contribution is 6.06. The summed E-state index contributed by atoms with van der Waals surface area (Å²) < 4.78 is 3.64. The van der Waals surface area contributed by atoms with Gasteiger partial charge in [0.15, 0.2) is 0 Å². The molecular weight excluding hydrogens is 416 g/mol. The average molecular weight is 445 g/mol. The molecule has 5 rings (SSSR count). The van der Waals surface area contributed by atoms with Gasteiger partial charge in [-0.15, -0.1) is 6.58 Å². The van der Waals surface area contributed by atoms with E-state index in [1.54, 1.807) is 23.2 Å². The normalized spacial score (nSPS) is 14.9. The van der Waals surface area contributed by atoms with Gasteiger partial charge < -0.3 is 23.9 Å². The van der Waals surface area contributed by atoms with E-state index in [0.29, 0.717) is 37.1 Å². The lowest BCUT2D eigenvalue weighted by atomic mass is 9.99. The summed E-state index contributed by atoms with van der Waals surface area (Å²) in [5.74, 6) is 0.0257. The zero-order chi connectivity index (χ0) is 23.1. The molecule has 8 nitrogen and oxygen atoms in total. The molecule has 0 unspecified atom stereocenters. The van der Waals surface area contributed by atoms with Gasteiger partial charge in [-0.3, -0.25) is 9.59 Å². The van der Waals surface area contributed by atoms with E-state index in [-0.39, 0.29) is 11.5 Å². The van der Waals surface area contributed by atoms with Crippen molar-refractivity contribution in [1.82, 2.24) is 28.9 Å². The number of aromatic amines is 1. The van der Waals surface area contributed by atoms with Crippen LogP contribution >= 0.6 is 0 Å². The summed E-state index contributed by atoms with van der Waals surface area (Å²) in [4.78, 5) is 38.3. The summed E-state index contributed by atoms with van der Waals surface area (Å²) in [5.41, 5.74) is 4.55. The number of pyridine rings is 1. The van der Waals surface area contributed by atoms with Crippen molar-refractivity contribution in [3.63, 3.8) is 0 Å². The lowest BCUT2D eigenvalue weighted by molar-refractivity contribution is 0.0664. The van der Waals surface area contributed by atoms with Crippen molar-refractivity contribution in [2.45, 2.75) is 13.0 Å². The number of piperazine rings is 1. The van der Waals surface area contributed by atoms with Gasteiger partial charge in [-0.25, -0.2) is 4.98 Å². The first kappa shape index (κ1) is 21.2. The second-order valence-corrected chi connectivity index (χ2v) is 8.73. The third-order valence-corrected chi connectivity index (χ3v) is 6.53. The first-order chi connectivity index (χ1) is 16.0. The van der Waals surface area contributed by atoms with Gasteiger partial charge in [-0.1, -0.05) is 6.08 Å². The Kier molecular flexibility index (Phi) is 5.38. The van der Waals surface area contributed by atoms with Gasteiger partial charge in [0.1, 0.15) is 5.52 Å². The van der Waals surface area contributed by atoms with E-state index >= 15 is 0 Å². The molecule has 1 aliphatic rings. The van der Waals surface area contributed by atoms with Crippen molar-refractivity contribution in [3.8, 4) is 11.1 Å². The number of rotatable bonds is 5. The summed E-state index contributed by atoms with van der Waals surface area (Å²) in [7, 11) is 4.01. The van der Waals surface area contributed by atoms with Gasteiger partial charge in [0.25, 0.3) is 11.5 Å². The molecule has 33 heavy (non-hydrogen) atoms. The predicted octanol–water partition coefficient (Wildman–Crippen LogP) is 2.85. The molecule has 1 aliphatic heterocycles. The fourth-order valence-electron chi connectivity index (χ4n) is 4.56. The highest BCUT2D eigenvalue weighted by Crippen LogP contribution is 2.33. The highest BCUT2D eigenvalue weighted by Gasteiger charge is 2.23. The first-order valence-corrected chi connectivity index (χ1v) is 11.2. The zero-order valence-electron chi connectivity index (χ0n) is 19.0. The summed E-state index contributed by atoms with van der Waals surface area (Å²) in [6.45, 7) is 7.47. The fourth-order valence-corrected chi connectivity index (χ4v) is 4.56. The number of aryl methyl sites for hydroxylation is 2. The number of allylic oxidation sites excluding steroid dienone is 1. The van der Waals surface area contributed by atoms with Crippen LogP contribution in [0.4, 0.5) is 0 Å². The lowest BCUT2D eigenvalue weighted by Crippen LogP contribution is -2.47. The summed E-state index contributed by atoms with van der Waals surface area (Å²) in [5, 5.41) is 0.825. The van der Waals surface area contributed by atoms with Crippen LogP contribution in [-0.2, 0) is 13.6 Å². The highest BCUT2D eigenvalue weighted by atomic mass is 16.2. The Balaban J connectivity index is 1.70. The Hall–Kier alpha value is -3.65. The van der Waals surface area contributed by atoms with E-state index in [2.05, 4.69) is 28.5 Å². The minimum Gasteiger partial charge on any atom is -0.357 e. The van der Waals surface area contributed by atoms with Crippen LogP contribution in [0.25, 0.3) is 33.1 Å². The molecule has 1 amide bonds. The molecule has 1 N–H and O–H groups in total. The summed E-state index contributed by atoms with van der Waals surface area (Å²) >= 11 is 0. The molecule has 170 valence electrons. The molecule has 0 radical (unpaired) electrons. The molecule has 0 saturated carbocycles. The number of likely N-dealkylation sites (N-methyl/N-ethyl adjacent to an activating group) is 1. The average Bonchev–Trinajstić information content (AvgIpc) is 3.46. The molecule has 4 aromatic rings. The Morgan fingerprint density at radius 2 is 1.97 bits per heavy atom. The molecule has 3 aromatic heterocycles. The van der Waals surface area contributed by atoms with Gasteiger partial charge >= 0.3 is 0 Å². The van der Waals surface area contributed by atoms with Gasteiger partial charge in [0.05, 0.1) is 17.4 Å². The number of benzene rings is 1. The number of carbonyl (C=O) groups excluding carboxylic acids is 1. The van der Waals surface area contributed by atoms with Crippen molar-refractivity contribution in [2.75, 3.05) is 33.2 Å². The van der Waals surface area contributed by atoms with E-state index < -0.39 is 0 Å². The van der Waals surface area contributed by atoms with E-state index in [1.807, 2.05) is 40.9 Å². The molecule has 1 aromatic carbocycles. The predicted molar refractivity (Wildman–Crippen MR) is 130 cm³/mol. The molecule has 0 bridgehead atoms. The SMILES string of the molecule is C=CCCn1cc(-c2cc(C(=O)N3CCN(C)CC3)cc3c2ncn3C)c2cc[nH]c2c1=O. The van der Waals surface area contributed by atoms with Crippen LogP contribution in [0.5, 0.6) is 0 Å². The Morgan fingerprint density at radius 3 is 2.73 bits per heavy atom. The van der Waals surface area contributed by atoms with Gasteiger partial charge in [0, 0.05) is 74.2 Å². The standard InChI is InChI=1S/C25H28N6O2/c1-4-5-8-31-15-20(18-6-7-26-23(18)25(31)33)19-13-17(14-21-22(19)27-16-29(21)3)24(32)30-11-9-28(2)10-12-30/h4,6-7,13-16,26H,1,5,8-12H2,2-3H3. The smallest absolute Gasteiger partial charge is 0.274 e. The number of imidazole rings is 1. The lowest BCUT2D eigenvalue weighted by Gasteiger charge is -2.32. The molecule has 0 aliphatic carbocycles. The minimum absolute atomic E-state index is 0.0257. The maximum absolute atomic E-state index is 13.4. The quantitative estimate of drug-likeness (QED) is 0.480. The van der Waals surface area contributed by atoms with Crippen molar-refractivity contribution in [1.29, 1.82) is 0 Å². The van der Waals surface area contributed by atoms with Crippen LogP contribution < -0.4 is 5.56 Å². The van der Waals surface area contributed by atoms with Crippen LogP contribution in [0.15, 0.2) is 54.4 Å². The van der Waals surface area contributed by atoms with Crippen molar-refractivity contribution in [3.05, 3.63) is 65.5 Å². The summed E-state index contributed by atoms with van der Waals surface area (Å²) in [6, 6.07) is 5.77. The van der Waals surface area contributed by atoms with Crippen molar-refractivity contribution < 1.29 is 4.79 Å². The zero-order valence-corrected chi connectivity index (χ0v) is 19.0. The van der Waals surface area contributed by atoms with Crippen molar-refractivity contribution >= 4 is 27.8 Å². The number of nitrogens with zero attached hydrogens (tertiary/aromatic N) is 5. The maximum Gasteiger partial charge on any atom is 0.274 e. The summed E-state index contributed by atoms with van der Waals surface area (Å²) in [6.07, 6.45) is 7.92. The number of amides is 1. The molecular formula is C25H28N6O2. The van der Waals surface area contributed by atoms with Crippen LogP contribution in [0, 0.1) is 0 Å². The first-order valence-electron chi connectivity index (χ1n) is 11.2. The third-order valence-electron chi connectivity index (χ3n) is 6.53. The van der Waals surface area contributed by atoms with Gasteiger partial charge in [-0.05, 0) is 31.7 Å². The second kappa shape index (κ2) is 8.37. The maximum atomic E-state index is 13.4. The minimum atomic E-state index is -0.0671. The molecule has 0 atom stereocenters. The van der Waals surface area contributed by atoms with Gasteiger partial charge in [0.2, 0.25) is 0 Å². The Morgan fingerprint density at radius 1 is 1.18 bits per heavy atom. The van der Waals surface area contributed by atoms with E-state index in [0.717, 1.165) is 40.6 Å². The van der Waals surface area contributed by atoms with Crippen LogP contribution in [0.2, 0.25) is 0 Å². The number of nitrogens with one attached hydrogen (secondary N) is 1. The number of aromatic nitrogens is 4. The molecule has 8 heteroatoms. The molecule has 4 heterocycles. The molecule has 0 spiro atoms.